The number of hydrogen-bond acceptors (Lipinski definition) is 4. The lowest BCUT2D eigenvalue weighted by atomic mass is 9.93. The fourth-order valence-electron chi connectivity index (χ4n) is 2.19. The van der Waals surface area contributed by atoms with Gasteiger partial charge < -0.3 is 10.8 Å². The Kier molecular flexibility index (Phi) is 3.76. The van der Waals surface area contributed by atoms with Crippen molar-refractivity contribution in [2.24, 2.45) is 5.73 Å². The quantitative estimate of drug-likeness (QED) is 0.816. The largest absolute Gasteiger partial charge is 0.390 e. The van der Waals surface area contributed by atoms with Crippen molar-refractivity contribution in [3.05, 3.63) is 29.6 Å². The lowest BCUT2D eigenvalue weighted by molar-refractivity contribution is -0.00731. The molecule has 1 aromatic heterocycles. The van der Waals surface area contributed by atoms with E-state index in [2.05, 4.69) is 16.0 Å². The molecule has 0 unspecified atom stereocenters. The zero-order chi connectivity index (χ0) is 12.3. The van der Waals surface area contributed by atoms with Crippen LogP contribution < -0.4 is 5.73 Å². The maximum absolute atomic E-state index is 9.89. The summed E-state index contributed by atoms with van der Waals surface area (Å²) in [5, 5.41) is 9.89. The van der Waals surface area contributed by atoms with Crippen LogP contribution >= 0.6 is 0 Å². The first-order chi connectivity index (χ1) is 8.09. The summed E-state index contributed by atoms with van der Waals surface area (Å²) in [7, 11) is 0. The number of hydrogen-bond donors (Lipinski definition) is 2. The molecular weight excluding hydrogens is 214 g/mol. The van der Waals surface area contributed by atoms with Gasteiger partial charge in [0.05, 0.1) is 11.3 Å². The molecule has 94 valence electrons. The zero-order valence-corrected chi connectivity index (χ0v) is 10.4. The summed E-state index contributed by atoms with van der Waals surface area (Å²) in [6.45, 7) is 5.23. The molecule has 0 atom stereocenters. The Balaban J connectivity index is 1.93. The smallest absolute Gasteiger partial charge is 0.0644 e. The average molecular weight is 235 g/mol. The van der Waals surface area contributed by atoms with E-state index in [9.17, 15) is 5.11 Å². The number of nitrogens with zero attached hydrogens (tertiary/aromatic N) is 2. The highest BCUT2D eigenvalue weighted by Gasteiger charge is 2.26. The predicted molar refractivity (Wildman–Crippen MR) is 67.3 cm³/mol. The van der Waals surface area contributed by atoms with E-state index >= 15 is 0 Å². The molecule has 4 heteroatoms. The number of aromatic nitrogens is 1. The van der Waals surface area contributed by atoms with Crippen LogP contribution in [-0.2, 0) is 13.1 Å². The summed E-state index contributed by atoms with van der Waals surface area (Å²) < 4.78 is 0. The monoisotopic (exact) mass is 235 g/mol. The highest BCUT2D eigenvalue weighted by atomic mass is 16.3. The maximum atomic E-state index is 9.89. The highest BCUT2D eigenvalue weighted by molar-refractivity contribution is 5.16. The molecule has 1 fully saturated rings. The number of nitrogens with two attached hydrogens (primary N) is 1. The lowest BCUT2D eigenvalue weighted by Crippen LogP contribution is -2.41. The molecule has 1 aliphatic rings. The summed E-state index contributed by atoms with van der Waals surface area (Å²) >= 11 is 0. The van der Waals surface area contributed by atoms with E-state index in [0.29, 0.717) is 6.54 Å². The summed E-state index contributed by atoms with van der Waals surface area (Å²) in [6.07, 6.45) is 3.52. The maximum Gasteiger partial charge on any atom is 0.0644 e. The van der Waals surface area contributed by atoms with E-state index in [1.54, 1.807) is 0 Å². The van der Waals surface area contributed by atoms with Crippen LogP contribution in [-0.4, -0.2) is 33.7 Å². The van der Waals surface area contributed by atoms with Crippen molar-refractivity contribution in [1.29, 1.82) is 0 Å². The van der Waals surface area contributed by atoms with Gasteiger partial charge in [0, 0.05) is 32.4 Å². The first-order valence-corrected chi connectivity index (χ1v) is 6.18. The van der Waals surface area contributed by atoms with E-state index in [0.717, 1.165) is 38.2 Å². The molecule has 0 amide bonds. The third kappa shape index (κ3) is 3.49. The van der Waals surface area contributed by atoms with E-state index in [1.807, 2.05) is 19.2 Å². The van der Waals surface area contributed by atoms with E-state index in [-0.39, 0.29) is 0 Å². The zero-order valence-electron chi connectivity index (χ0n) is 10.4. The first-order valence-electron chi connectivity index (χ1n) is 6.18. The molecule has 0 saturated carbocycles. The molecule has 4 nitrogen and oxygen atoms in total. The Morgan fingerprint density at radius 2 is 2.18 bits per heavy atom. The van der Waals surface area contributed by atoms with Gasteiger partial charge in [0.2, 0.25) is 0 Å². The molecule has 1 aliphatic heterocycles. The average Bonchev–Trinajstić information content (AvgIpc) is 2.32. The first kappa shape index (κ1) is 12.5. The minimum absolute atomic E-state index is 0.475. The van der Waals surface area contributed by atoms with Crippen LogP contribution in [0.15, 0.2) is 18.3 Å². The van der Waals surface area contributed by atoms with Crippen molar-refractivity contribution in [1.82, 2.24) is 9.88 Å². The van der Waals surface area contributed by atoms with Gasteiger partial charge in [-0.25, -0.2) is 0 Å². The minimum Gasteiger partial charge on any atom is -0.390 e. The van der Waals surface area contributed by atoms with Crippen molar-refractivity contribution >= 4 is 0 Å². The van der Waals surface area contributed by atoms with Crippen molar-refractivity contribution < 1.29 is 5.11 Å². The van der Waals surface area contributed by atoms with Crippen LogP contribution in [0.3, 0.4) is 0 Å². The van der Waals surface area contributed by atoms with Crippen LogP contribution in [0, 0.1) is 0 Å². The van der Waals surface area contributed by atoms with Crippen molar-refractivity contribution in [3.63, 3.8) is 0 Å². The fourth-order valence-corrected chi connectivity index (χ4v) is 2.19. The predicted octanol–water partition coefficient (Wildman–Crippen LogP) is 0.887. The molecule has 0 bridgehead atoms. The van der Waals surface area contributed by atoms with Crippen LogP contribution in [0.5, 0.6) is 0 Å². The molecule has 1 saturated heterocycles. The molecule has 17 heavy (non-hydrogen) atoms. The van der Waals surface area contributed by atoms with E-state index in [4.69, 9.17) is 5.73 Å². The Labute approximate surface area is 102 Å². The number of likely N-dealkylation sites (tertiary alicyclic amines) is 1. The number of pyridine rings is 1. The standard InChI is InChI=1S/C13H21N3O/c1-13(17)3-6-16(7-4-13)10-11-2-5-15-12(8-11)9-14/h2,5,8,17H,3-4,6-7,9-10,14H2,1H3. The van der Waals surface area contributed by atoms with Gasteiger partial charge >= 0.3 is 0 Å². The van der Waals surface area contributed by atoms with E-state index in [1.165, 1.54) is 5.56 Å². The lowest BCUT2D eigenvalue weighted by Gasteiger charge is -2.35. The molecule has 2 rings (SSSR count). The third-order valence-electron chi connectivity index (χ3n) is 3.43. The minimum atomic E-state index is -0.475. The van der Waals surface area contributed by atoms with Gasteiger partial charge in [-0.15, -0.1) is 0 Å². The topological polar surface area (TPSA) is 62.4 Å². The van der Waals surface area contributed by atoms with Gasteiger partial charge in [0.15, 0.2) is 0 Å². The summed E-state index contributed by atoms with van der Waals surface area (Å²) in [6, 6.07) is 4.10. The van der Waals surface area contributed by atoms with Crippen LogP contribution in [0.2, 0.25) is 0 Å². The van der Waals surface area contributed by atoms with Crippen LogP contribution in [0.4, 0.5) is 0 Å². The van der Waals surface area contributed by atoms with Gasteiger partial charge in [-0.1, -0.05) is 0 Å². The van der Waals surface area contributed by atoms with Gasteiger partial charge in [-0.2, -0.15) is 0 Å². The van der Waals surface area contributed by atoms with Gasteiger partial charge in [0.25, 0.3) is 0 Å². The molecule has 0 spiro atoms. The summed E-state index contributed by atoms with van der Waals surface area (Å²) in [5.74, 6) is 0. The van der Waals surface area contributed by atoms with Crippen LogP contribution in [0.1, 0.15) is 31.0 Å². The van der Waals surface area contributed by atoms with Crippen molar-refractivity contribution in [3.8, 4) is 0 Å². The van der Waals surface area contributed by atoms with Gasteiger partial charge in [-0.3, -0.25) is 9.88 Å². The Hall–Kier alpha value is -0.970. The Bertz CT molecular complexity index is 369. The second kappa shape index (κ2) is 5.12. The van der Waals surface area contributed by atoms with Crippen LogP contribution in [0.25, 0.3) is 0 Å². The van der Waals surface area contributed by atoms with Crippen molar-refractivity contribution in [2.75, 3.05) is 13.1 Å². The van der Waals surface area contributed by atoms with Crippen molar-refractivity contribution in [2.45, 2.75) is 38.5 Å². The number of rotatable bonds is 3. The number of aliphatic hydroxyl groups is 1. The second-order valence-electron chi connectivity index (χ2n) is 5.13. The Morgan fingerprint density at radius 3 is 2.82 bits per heavy atom. The normalized spacial score (nSPS) is 20.4. The highest BCUT2D eigenvalue weighted by Crippen LogP contribution is 2.22. The molecule has 1 aromatic rings. The molecule has 2 heterocycles. The summed E-state index contributed by atoms with van der Waals surface area (Å²) in [5.41, 5.74) is 7.29. The number of piperidine rings is 1. The van der Waals surface area contributed by atoms with Gasteiger partial charge in [-0.05, 0) is 37.5 Å². The SMILES string of the molecule is CC1(O)CCN(Cc2ccnc(CN)c2)CC1. The molecular formula is C13H21N3O. The second-order valence-corrected chi connectivity index (χ2v) is 5.13. The molecule has 3 N–H and O–H groups in total. The molecule has 0 aliphatic carbocycles. The Morgan fingerprint density at radius 1 is 1.47 bits per heavy atom. The summed E-state index contributed by atoms with van der Waals surface area (Å²) in [4.78, 5) is 6.56. The fraction of sp³-hybridized carbons (Fsp3) is 0.615. The van der Waals surface area contributed by atoms with E-state index < -0.39 is 5.60 Å². The molecule has 0 radical (unpaired) electrons. The molecule has 0 aromatic carbocycles. The third-order valence-corrected chi connectivity index (χ3v) is 3.43. The van der Waals surface area contributed by atoms with Gasteiger partial charge in [0.1, 0.15) is 0 Å².